The summed E-state index contributed by atoms with van der Waals surface area (Å²) >= 11 is 0. The van der Waals surface area contributed by atoms with E-state index in [1.54, 1.807) is 12.1 Å². The summed E-state index contributed by atoms with van der Waals surface area (Å²) in [5.74, 6) is -0.422. The number of nitrogens with two attached hydrogens (primary N) is 1. The predicted molar refractivity (Wildman–Crippen MR) is 112 cm³/mol. The molecule has 4 nitrogen and oxygen atoms in total. The van der Waals surface area contributed by atoms with Gasteiger partial charge >= 0.3 is 0 Å². The van der Waals surface area contributed by atoms with Crippen LogP contribution in [0.5, 0.6) is 0 Å². The van der Waals surface area contributed by atoms with Gasteiger partial charge in [0.25, 0.3) is 0 Å². The number of fused-ring (bicyclic) bond motifs is 3. The summed E-state index contributed by atoms with van der Waals surface area (Å²) in [5, 5.41) is 11.1. The molecule has 0 saturated carbocycles. The van der Waals surface area contributed by atoms with Gasteiger partial charge in [0.2, 0.25) is 5.91 Å². The van der Waals surface area contributed by atoms with Crippen LogP contribution in [0, 0.1) is 11.3 Å². The molecule has 0 spiro atoms. The Labute approximate surface area is 163 Å². The van der Waals surface area contributed by atoms with Crippen LogP contribution in [0.2, 0.25) is 0 Å². The van der Waals surface area contributed by atoms with Crippen LogP contribution in [0.25, 0.3) is 21.8 Å². The van der Waals surface area contributed by atoms with Crippen molar-refractivity contribution in [2.75, 3.05) is 0 Å². The summed E-state index contributed by atoms with van der Waals surface area (Å²) in [7, 11) is 0. The molecule has 28 heavy (non-hydrogen) atoms. The molecule has 1 aromatic heterocycles. The van der Waals surface area contributed by atoms with E-state index >= 15 is 0 Å². The Hall–Kier alpha value is -3.58. The van der Waals surface area contributed by atoms with E-state index in [1.165, 1.54) is 5.56 Å². The molecule has 0 fully saturated rings. The topological polar surface area (TPSA) is 71.8 Å². The molecule has 138 valence electrons. The maximum atomic E-state index is 12.1. The fraction of sp³-hybridized carbons (Fsp3) is 0.167. The Morgan fingerprint density at radius 1 is 1.04 bits per heavy atom. The molecule has 4 aromatic rings. The van der Waals surface area contributed by atoms with Crippen molar-refractivity contribution < 1.29 is 4.79 Å². The number of hydrogen-bond donors (Lipinski definition) is 1. The molecule has 0 atom stereocenters. The van der Waals surface area contributed by atoms with Gasteiger partial charge in [0.1, 0.15) is 0 Å². The second kappa shape index (κ2) is 7.21. The van der Waals surface area contributed by atoms with Crippen molar-refractivity contribution in [2.45, 2.75) is 26.3 Å². The van der Waals surface area contributed by atoms with E-state index in [2.05, 4.69) is 35.8 Å². The lowest BCUT2D eigenvalue weighted by atomic mass is 10.0. The zero-order chi connectivity index (χ0) is 19.7. The highest BCUT2D eigenvalue weighted by atomic mass is 16.1. The highest BCUT2D eigenvalue weighted by Gasteiger charge is 2.17. The molecule has 4 rings (SSSR count). The van der Waals surface area contributed by atoms with E-state index < -0.39 is 5.91 Å². The standard InChI is InChI=1S/C24H21N3O/c1-2-5-16-10-11-19-22(13-16)27(15-18-7-3-6-17(12-18)14-25)21-9-4-8-20(23(19)21)24(26)28/h3-4,6-13H,2,5,15H2,1H3,(H2,26,28). The Kier molecular flexibility index (Phi) is 4.58. The van der Waals surface area contributed by atoms with Crippen molar-refractivity contribution in [3.05, 3.63) is 82.9 Å². The molecule has 0 aliphatic rings. The van der Waals surface area contributed by atoms with Crippen LogP contribution in [-0.4, -0.2) is 10.5 Å². The first-order valence-electron chi connectivity index (χ1n) is 9.45. The minimum absolute atomic E-state index is 0.422. The first kappa shape index (κ1) is 17.8. The highest BCUT2D eigenvalue weighted by Crippen LogP contribution is 2.33. The fourth-order valence-electron chi connectivity index (χ4n) is 3.93. The number of nitriles is 1. The lowest BCUT2D eigenvalue weighted by molar-refractivity contribution is 0.100. The van der Waals surface area contributed by atoms with E-state index in [9.17, 15) is 10.1 Å². The normalized spacial score (nSPS) is 11.0. The van der Waals surface area contributed by atoms with Crippen LogP contribution >= 0.6 is 0 Å². The average Bonchev–Trinajstić information content (AvgIpc) is 3.01. The summed E-state index contributed by atoms with van der Waals surface area (Å²) < 4.78 is 2.22. The second-order valence-corrected chi connectivity index (χ2v) is 7.06. The van der Waals surface area contributed by atoms with Gasteiger partial charge in [-0.3, -0.25) is 4.79 Å². The predicted octanol–water partition coefficient (Wildman–Crippen LogP) is 4.77. The number of amides is 1. The van der Waals surface area contributed by atoms with Gasteiger partial charge in [0.05, 0.1) is 17.1 Å². The minimum Gasteiger partial charge on any atom is -0.366 e. The number of benzene rings is 3. The summed E-state index contributed by atoms with van der Waals surface area (Å²) in [4.78, 5) is 12.1. The smallest absolute Gasteiger partial charge is 0.249 e. The zero-order valence-electron chi connectivity index (χ0n) is 15.8. The van der Waals surface area contributed by atoms with E-state index in [0.29, 0.717) is 17.7 Å². The van der Waals surface area contributed by atoms with Gasteiger partial charge in [-0.05, 0) is 47.9 Å². The third-order valence-corrected chi connectivity index (χ3v) is 5.16. The fourth-order valence-corrected chi connectivity index (χ4v) is 3.93. The third kappa shape index (κ3) is 3.01. The molecule has 0 radical (unpaired) electrons. The van der Waals surface area contributed by atoms with Gasteiger partial charge in [-0.1, -0.05) is 43.7 Å². The van der Waals surface area contributed by atoms with Crippen LogP contribution in [0.3, 0.4) is 0 Å². The molecule has 4 heteroatoms. The number of aromatic nitrogens is 1. The van der Waals surface area contributed by atoms with Crippen LogP contribution in [0.15, 0.2) is 60.7 Å². The quantitative estimate of drug-likeness (QED) is 0.552. The van der Waals surface area contributed by atoms with Gasteiger partial charge in [-0.2, -0.15) is 5.26 Å². The van der Waals surface area contributed by atoms with Crippen LogP contribution in [0.1, 0.15) is 40.4 Å². The third-order valence-electron chi connectivity index (χ3n) is 5.16. The largest absolute Gasteiger partial charge is 0.366 e. The lowest BCUT2D eigenvalue weighted by Crippen LogP contribution is -2.11. The van der Waals surface area contributed by atoms with Gasteiger partial charge in [0, 0.05) is 28.4 Å². The molecule has 0 bridgehead atoms. The molecule has 0 saturated heterocycles. The molecule has 1 heterocycles. The molecule has 2 N–H and O–H groups in total. The lowest BCUT2D eigenvalue weighted by Gasteiger charge is -2.09. The number of hydrogen-bond acceptors (Lipinski definition) is 2. The SMILES string of the molecule is CCCc1ccc2c3c(C(N)=O)cccc3n(Cc3cccc(C#N)c3)c2c1. The maximum absolute atomic E-state index is 12.1. The van der Waals surface area contributed by atoms with Gasteiger partial charge in [-0.15, -0.1) is 0 Å². The first-order valence-corrected chi connectivity index (χ1v) is 9.45. The van der Waals surface area contributed by atoms with E-state index in [-0.39, 0.29) is 0 Å². The van der Waals surface area contributed by atoms with E-state index in [0.717, 1.165) is 40.2 Å². The van der Waals surface area contributed by atoms with Crippen LogP contribution in [0.4, 0.5) is 0 Å². The first-order chi connectivity index (χ1) is 13.6. The van der Waals surface area contributed by atoms with E-state index in [1.807, 2.05) is 30.3 Å². The zero-order valence-corrected chi connectivity index (χ0v) is 15.8. The Balaban J connectivity index is 2.01. The highest BCUT2D eigenvalue weighted by molar-refractivity contribution is 6.18. The summed E-state index contributed by atoms with van der Waals surface area (Å²) in [5.41, 5.74) is 11.2. The van der Waals surface area contributed by atoms with Crippen LogP contribution in [-0.2, 0) is 13.0 Å². The molecule has 0 unspecified atom stereocenters. The second-order valence-electron chi connectivity index (χ2n) is 7.06. The number of aryl methyl sites for hydroxylation is 1. The average molecular weight is 367 g/mol. The van der Waals surface area contributed by atoms with Crippen molar-refractivity contribution in [3.63, 3.8) is 0 Å². The summed E-state index contributed by atoms with van der Waals surface area (Å²) in [6, 6.07) is 21.9. The maximum Gasteiger partial charge on any atom is 0.249 e. The van der Waals surface area contributed by atoms with Crippen molar-refractivity contribution in [2.24, 2.45) is 5.73 Å². The molecule has 0 aliphatic carbocycles. The number of carbonyl (C=O) groups excluding carboxylic acids is 1. The number of carbonyl (C=O) groups is 1. The molecular weight excluding hydrogens is 346 g/mol. The van der Waals surface area contributed by atoms with E-state index in [4.69, 9.17) is 5.73 Å². The summed E-state index contributed by atoms with van der Waals surface area (Å²) in [6.45, 7) is 2.78. The van der Waals surface area contributed by atoms with Gasteiger partial charge in [0.15, 0.2) is 0 Å². The number of primary amides is 1. The van der Waals surface area contributed by atoms with Crippen molar-refractivity contribution >= 4 is 27.7 Å². The molecule has 0 aliphatic heterocycles. The Bertz CT molecular complexity index is 1240. The van der Waals surface area contributed by atoms with Gasteiger partial charge in [-0.25, -0.2) is 0 Å². The van der Waals surface area contributed by atoms with Crippen molar-refractivity contribution in [1.29, 1.82) is 5.26 Å². The minimum atomic E-state index is -0.422. The van der Waals surface area contributed by atoms with Crippen molar-refractivity contribution in [1.82, 2.24) is 4.57 Å². The number of nitrogens with zero attached hydrogens (tertiary/aromatic N) is 2. The Morgan fingerprint density at radius 2 is 1.86 bits per heavy atom. The van der Waals surface area contributed by atoms with Crippen LogP contribution < -0.4 is 5.73 Å². The molecular formula is C24H21N3O. The van der Waals surface area contributed by atoms with Gasteiger partial charge < -0.3 is 10.3 Å². The monoisotopic (exact) mass is 367 g/mol. The summed E-state index contributed by atoms with van der Waals surface area (Å²) in [6.07, 6.45) is 2.08. The Morgan fingerprint density at radius 3 is 2.61 bits per heavy atom. The number of rotatable bonds is 5. The molecule has 3 aromatic carbocycles. The van der Waals surface area contributed by atoms with Crippen molar-refractivity contribution in [3.8, 4) is 6.07 Å². The molecule has 1 amide bonds.